The highest BCUT2D eigenvalue weighted by molar-refractivity contribution is 8.06. The van der Waals surface area contributed by atoms with Gasteiger partial charge in [-0.3, -0.25) is 0 Å². The Balaban J connectivity index is 1.58. The van der Waals surface area contributed by atoms with Crippen molar-refractivity contribution in [2.75, 3.05) is 25.7 Å². The molecule has 38 heavy (non-hydrogen) atoms. The summed E-state index contributed by atoms with van der Waals surface area (Å²) < 4.78 is 10.8. The first-order valence-electron chi connectivity index (χ1n) is 12.5. The first-order chi connectivity index (χ1) is 18.5. The lowest BCUT2D eigenvalue weighted by Gasteiger charge is -2.26. The van der Waals surface area contributed by atoms with Crippen molar-refractivity contribution in [3.8, 4) is 11.5 Å². The van der Waals surface area contributed by atoms with Crippen molar-refractivity contribution in [1.29, 1.82) is 0 Å². The van der Waals surface area contributed by atoms with Gasteiger partial charge in [0, 0.05) is 41.6 Å². The highest BCUT2D eigenvalue weighted by Crippen LogP contribution is 2.40. The largest absolute Gasteiger partial charge is 0.497 e. The number of thioether (sulfide) groups is 4. The van der Waals surface area contributed by atoms with E-state index in [1.54, 1.807) is 14.2 Å². The molecule has 0 aromatic heterocycles. The maximum atomic E-state index is 5.40. The van der Waals surface area contributed by atoms with Crippen molar-refractivity contribution in [2.24, 2.45) is 0 Å². The minimum absolute atomic E-state index is 0.389. The predicted molar refractivity (Wildman–Crippen MR) is 169 cm³/mol. The summed E-state index contributed by atoms with van der Waals surface area (Å²) >= 11 is 7.83. The van der Waals surface area contributed by atoms with Crippen molar-refractivity contribution < 1.29 is 9.47 Å². The lowest BCUT2D eigenvalue weighted by molar-refractivity contribution is 0.414. The summed E-state index contributed by atoms with van der Waals surface area (Å²) in [6.07, 6.45) is 0. The summed E-state index contributed by atoms with van der Waals surface area (Å²) in [4.78, 5) is 5.17. The van der Waals surface area contributed by atoms with E-state index in [1.807, 2.05) is 59.2 Å². The third-order valence-electron chi connectivity index (χ3n) is 5.98. The third kappa shape index (κ3) is 8.98. The van der Waals surface area contributed by atoms with Crippen molar-refractivity contribution >= 4 is 47.0 Å². The van der Waals surface area contributed by atoms with Gasteiger partial charge in [0.25, 0.3) is 0 Å². The summed E-state index contributed by atoms with van der Waals surface area (Å²) in [5, 5.41) is 0.793. The molecule has 0 radical (unpaired) electrons. The Bertz CT molecular complexity index is 1240. The van der Waals surface area contributed by atoms with Crippen molar-refractivity contribution in [2.45, 2.75) is 43.9 Å². The molecule has 198 valence electrons. The molecule has 2 atom stereocenters. The van der Waals surface area contributed by atoms with Gasteiger partial charge in [0.2, 0.25) is 0 Å². The normalized spacial score (nSPS) is 12.6. The molecule has 4 rings (SSSR count). The number of aryl methyl sites for hydroxylation is 2. The van der Waals surface area contributed by atoms with Crippen molar-refractivity contribution in [3.63, 3.8) is 0 Å². The number of hydrogen-bond acceptors (Lipinski definition) is 6. The van der Waals surface area contributed by atoms with Crippen LogP contribution in [0.3, 0.4) is 0 Å². The van der Waals surface area contributed by atoms with Gasteiger partial charge in [0.1, 0.15) is 11.5 Å². The summed E-state index contributed by atoms with van der Waals surface area (Å²) in [5.74, 6) is 3.81. The van der Waals surface area contributed by atoms with Gasteiger partial charge in [-0.05, 0) is 86.6 Å². The molecule has 0 spiro atoms. The summed E-state index contributed by atoms with van der Waals surface area (Å²) in [6, 6.07) is 34.7. The Labute approximate surface area is 244 Å². The zero-order valence-corrected chi connectivity index (χ0v) is 25.5. The van der Waals surface area contributed by atoms with E-state index in [0.717, 1.165) is 23.0 Å². The first kappa shape index (κ1) is 28.9. The van der Waals surface area contributed by atoms with Crippen molar-refractivity contribution in [3.05, 3.63) is 108 Å². The average molecular weight is 579 g/mol. The van der Waals surface area contributed by atoms with E-state index >= 15 is 0 Å². The Morgan fingerprint density at radius 2 is 0.789 bits per heavy atom. The second-order valence-corrected chi connectivity index (χ2v) is 13.7. The molecule has 0 fully saturated rings. The highest BCUT2D eigenvalue weighted by atomic mass is 32.2. The second kappa shape index (κ2) is 14.9. The molecule has 0 bridgehead atoms. The molecule has 0 heterocycles. The summed E-state index contributed by atoms with van der Waals surface area (Å²) in [7, 11) is 3.43. The molecule has 0 N–H and O–H groups in total. The fraction of sp³-hybridized carbons (Fsp3) is 0.250. The van der Waals surface area contributed by atoms with Gasteiger partial charge >= 0.3 is 0 Å². The molecule has 0 saturated heterocycles. The monoisotopic (exact) mass is 578 g/mol. The molecule has 2 nitrogen and oxygen atoms in total. The zero-order chi connectivity index (χ0) is 26.7. The van der Waals surface area contributed by atoms with E-state index in [2.05, 4.69) is 98.8 Å². The van der Waals surface area contributed by atoms with Crippen molar-refractivity contribution in [1.82, 2.24) is 0 Å². The highest BCUT2D eigenvalue weighted by Gasteiger charge is 2.25. The minimum atomic E-state index is 0.389. The third-order valence-corrected chi connectivity index (χ3v) is 11.5. The van der Waals surface area contributed by atoms with Gasteiger partial charge in [-0.1, -0.05) is 35.4 Å². The van der Waals surface area contributed by atoms with E-state index in [0.29, 0.717) is 10.5 Å². The Kier molecular flexibility index (Phi) is 11.3. The molecule has 0 amide bonds. The lowest BCUT2D eigenvalue weighted by Crippen LogP contribution is -2.25. The van der Waals surface area contributed by atoms with Gasteiger partial charge in [-0.25, -0.2) is 0 Å². The predicted octanol–water partition coefficient (Wildman–Crippen LogP) is 9.53. The smallest absolute Gasteiger partial charge is 0.118 e. The summed E-state index contributed by atoms with van der Waals surface area (Å²) in [6.45, 7) is 4.29. The van der Waals surface area contributed by atoms with Crippen LogP contribution in [0.25, 0.3) is 0 Å². The van der Waals surface area contributed by atoms with Crippen LogP contribution in [-0.2, 0) is 0 Å². The molecule has 0 saturated carbocycles. The Morgan fingerprint density at radius 1 is 0.474 bits per heavy atom. The van der Waals surface area contributed by atoms with Crippen LogP contribution < -0.4 is 9.47 Å². The van der Waals surface area contributed by atoms with Crippen LogP contribution in [-0.4, -0.2) is 36.2 Å². The van der Waals surface area contributed by atoms with Gasteiger partial charge in [-0.15, -0.1) is 47.0 Å². The summed E-state index contributed by atoms with van der Waals surface area (Å²) in [5.41, 5.74) is 2.59. The number of rotatable bonds is 13. The fourth-order valence-electron chi connectivity index (χ4n) is 3.72. The zero-order valence-electron chi connectivity index (χ0n) is 22.3. The van der Waals surface area contributed by atoms with E-state index in [9.17, 15) is 0 Å². The molecule has 0 aliphatic carbocycles. The Morgan fingerprint density at radius 3 is 1.16 bits per heavy atom. The number of ether oxygens (including phenoxy) is 2. The number of benzene rings is 4. The second-order valence-electron chi connectivity index (χ2n) is 8.91. The van der Waals surface area contributed by atoms with Crippen LogP contribution in [0, 0.1) is 13.8 Å². The Hall–Kier alpha value is -2.12. The van der Waals surface area contributed by atoms with Crippen LogP contribution in [0.4, 0.5) is 0 Å². The molecular weight excluding hydrogens is 545 g/mol. The fourth-order valence-corrected chi connectivity index (χ4v) is 8.86. The van der Waals surface area contributed by atoms with Gasteiger partial charge in [0.05, 0.1) is 14.2 Å². The molecule has 0 aliphatic rings. The van der Waals surface area contributed by atoms with E-state index < -0.39 is 0 Å². The topological polar surface area (TPSA) is 18.5 Å². The van der Waals surface area contributed by atoms with E-state index in [1.165, 1.54) is 30.7 Å². The standard InChI is InChI=1S/C32H34O2S4/c1-23-5-13-27(14-6-23)35-21-31(37-29-15-7-24(2)8-16-29)32(38-30-19-11-26(34-4)12-20-30)22-36-28-17-9-25(33-3)10-18-28/h5-20,31-32H,21-22H2,1-4H3. The SMILES string of the molecule is COc1ccc(SCC(Sc2ccc(OC)cc2)C(CSc2ccc(C)cc2)Sc2ccc(C)cc2)cc1. The van der Waals surface area contributed by atoms with Gasteiger partial charge in [0.15, 0.2) is 0 Å². The van der Waals surface area contributed by atoms with E-state index in [4.69, 9.17) is 9.47 Å². The quantitative estimate of drug-likeness (QED) is 0.146. The van der Waals surface area contributed by atoms with Gasteiger partial charge < -0.3 is 9.47 Å². The molecule has 4 aromatic rings. The van der Waals surface area contributed by atoms with Crippen LogP contribution >= 0.6 is 47.0 Å². The van der Waals surface area contributed by atoms with Crippen LogP contribution in [0.1, 0.15) is 11.1 Å². The maximum Gasteiger partial charge on any atom is 0.118 e. The van der Waals surface area contributed by atoms with Gasteiger partial charge in [-0.2, -0.15) is 0 Å². The molecule has 2 unspecified atom stereocenters. The maximum absolute atomic E-state index is 5.40. The molecule has 4 aromatic carbocycles. The number of hydrogen-bond donors (Lipinski definition) is 0. The average Bonchev–Trinajstić information content (AvgIpc) is 2.96. The van der Waals surface area contributed by atoms with Crippen LogP contribution in [0.2, 0.25) is 0 Å². The minimum Gasteiger partial charge on any atom is -0.497 e. The molecule has 0 aliphatic heterocycles. The number of methoxy groups -OCH3 is 2. The van der Waals surface area contributed by atoms with E-state index in [-0.39, 0.29) is 0 Å². The first-order valence-corrected chi connectivity index (χ1v) is 16.3. The molecular formula is C32H34O2S4. The van der Waals surface area contributed by atoms with Crippen LogP contribution in [0.15, 0.2) is 117 Å². The molecule has 6 heteroatoms. The van der Waals surface area contributed by atoms with Crippen LogP contribution in [0.5, 0.6) is 11.5 Å². The lowest BCUT2D eigenvalue weighted by atomic mass is 10.2.